The summed E-state index contributed by atoms with van der Waals surface area (Å²) < 4.78 is 17.4. The number of nitriles is 1. The first kappa shape index (κ1) is 26.1. The Labute approximate surface area is 223 Å². The van der Waals surface area contributed by atoms with Crippen molar-refractivity contribution in [1.82, 2.24) is 18.7 Å². The summed E-state index contributed by atoms with van der Waals surface area (Å²) >= 11 is 0. The number of fused-ring (bicyclic) bond motifs is 1. The topological polar surface area (TPSA) is 141 Å². The van der Waals surface area contributed by atoms with Crippen LogP contribution in [0.4, 0.5) is 10.3 Å². The van der Waals surface area contributed by atoms with E-state index in [2.05, 4.69) is 16.4 Å². The van der Waals surface area contributed by atoms with Gasteiger partial charge in [-0.25, -0.2) is 9.18 Å². The number of aromatic nitrogens is 4. The second-order valence-corrected chi connectivity index (χ2v) is 9.83. The van der Waals surface area contributed by atoms with Crippen LogP contribution in [0.1, 0.15) is 47.2 Å². The number of rotatable bonds is 7. The second kappa shape index (κ2) is 10.7. The van der Waals surface area contributed by atoms with Gasteiger partial charge in [0.25, 0.3) is 5.56 Å². The minimum atomic E-state index is -0.722. The number of carbonyl (C=O) groups excluding carboxylic acids is 1. The van der Waals surface area contributed by atoms with Gasteiger partial charge in [-0.2, -0.15) is 10.2 Å². The lowest BCUT2D eigenvalue weighted by Crippen LogP contribution is -2.43. The number of nitrogens with two attached hydrogens (primary N) is 1. The zero-order chi connectivity index (χ0) is 27.7. The van der Waals surface area contributed by atoms with Gasteiger partial charge in [-0.15, -0.1) is 0 Å². The normalized spacial score (nSPS) is 17.2. The minimum absolute atomic E-state index is 0.0501. The summed E-state index contributed by atoms with van der Waals surface area (Å²) in [7, 11) is 1.48. The summed E-state index contributed by atoms with van der Waals surface area (Å²) in [6.07, 6.45) is 3.70. The number of nitrogens with one attached hydrogen (secondary N) is 1. The molecule has 3 N–H and O–H groups in total. The lowest BCUT2D eigenvalue weighted by atomic mass is 9.91. The predicted molar refractivity (Wildman–Crippen MR) is 144 cm³/mol. The molecular weight excluding hydrogens is 501 g/mol. The van der Waals surface area contributed by atoms with Gasteiger partial charge in [-0.3, -0.25) is 23.3 Å². The lowest BCUT2D eigenvalue weighted by Gasteiger charge is -2.29. The first-order valence-corrected chi connectivity index (χ1v) is 12.8. The van der Waals surface area contributed by atoms with Crippen LogP contribution < -0.4 is 22.3 Å². The fourth-order valence-electron chi connectivity index (χ4n) is 5.11. The first-order valence-electron chi connectivity index (χ1n) is 12.8. The van der Waals surface area contributed by atoms with E-state index in [1.165, 1.54) is 29.8 Å². The quantitative estimate of drug-likeness (QED) is 0.351. The maximum atomic E-state index is 13.8. The minimum Gasteiger partial charge on any atom is -0.351 e. The van der Waals surface area contributed by atoms with Crippen LogP contribution in [0.3, 0.4) is 0 Å². The zero-order valence-electron chi connectivity index (χ0n) is 21.4. The van der Waals surface area contributed by atoms with E-state index >= 15 is 0 Å². The number of anilines is 1. The number of hydrogen-bond donors (Lipinski definition) is 2. The highest BCUT2D eigenvalue weighted by Gasteiger charge is 2.27. The summed E-state index contributed by atoms with van der Waals surface area (Å²) in [5.74, 6) is -0.829. The van der Waals surface area contributed by atoms with Crippen LogP contribution in [0.15, 0.2) is 58.1 Å². The molecule has 1 fully saturated rings. The van der Waals surface area contributed by atoms with E-state index in [-0.39, 0.29) is 35.4 Å². The number of nitrogens with zero attached hydrogens (tertiary/aromatic N) is 5. The standard InChI is InChI=1S/C28H28FN7O3/c1-34-25-24(26(38)36(28(34)39)16-23(37)17-9-6-10-20(29)13-17)35(15-19-8-3-2-7-18(19)14-30)27(33-25)32-22-12-5-4-11-21(22)31/h2-3,6-10,13,21-22H,4-5,11-12,15-16,31H2,1H3,(H,32,33). The van der Waals surface area contributed by atoms with Crippen molar-refractivity contribution >= 4 is 22.9 Å². The number of aryl methyl sites for hydroxylation is 1. The number of ketones is 1. The van der Waals surface area contributed by atoms with Crippen LogP contribution in [0, 0.1) is 17.1 Å². The van der Waals surface area contributed by atoms with Crippen molar-refractivity contribution in [2.75, 3.05) is 5.32 Å². The van der Waals surface area contributed by atoms with E-state index in [9.17, 15) is 24.0 Å². The van der Waals surface area contributed by atoms with Crippen molar-refractivity contribution in [3.05, 3.63) is 91.9 Å². The molecule has 2 heterocycles. The number of imidazole rings is 1. The Morgan fingerprint density at radius 1 is 1.15 bits per heavy atom. The van der Waals surface area contributed by atoms with Gasteiger partial charge in [0, 0.05) is 24.7 Å². The number of Topliss-reactive ketones (excluding diaryl/α,β-unsaturated/α-hetero) is 1. The van der Waals surface area contributed by atoms with Crippen LogP contribution >= 0.6 is 0 Å². The Morgan fingerprint density at radius 3 is 2.67 bits per heavy atom. The summed E-state index contributed by atoms with van der Waals surface area (Å²) in [6, 6.07) is 14.1. The molecule has 1 aliphatic carbocycles. The third-order valence-electron chi connectivity index (χ3n) is 7.28. The average molecular weight is 530 g/mol. The molecule has 11 heteroatoms. The average Bonchev–Trinajstić information content (AvgIpc) is 3.29. The molecule has 1 aliphatic rings. The Hall–Kier alpha value is -4.56. The van der Waals surface area contributed by atoms with Crippen molar-refractivity contribution in [2.45, 2.75) is 50.9 Å². The van der Waals surface area contributed by atoms with E-state index in [1.54, 1.807) is 28.8 Å². The fourth-order valence-corrected chi connectivity index (χ4v) is 5.11. The van der Waals surface area contributed by atoms with Gasteiger partial charge in [-0.05, 0) is 36.6 Å². The third kappa shape index (κ3) is 4.98. The molecule has 5 rings (SSSR count). The van der Waals surface area contributed by atoms with E-state index < -0.39 is 29.4 Å². The molecule has 2 atom stereocenters. The van der Waals surface area contributed by atoms with E-state index in [4.69, 9.17) is 5.73 Å². The first-order chi connectivity index (χ1) is 18.8. The maximum absolute atomic E-state index is 13.8. The SMILES string of the molecule is Cn1c(=O)n(CC(=O)c2cccc(F)c2)c(=O)c2c1nc(NC1CCCCC1N)n2Cc1ccccc1C#N. The Bertz CT molecular complexity index is 1730. The van der Waals surface area contributed by atoms with Gasteiger partial charge in [0.2, 0.25) is 5.95 Å². The van der Waals surface area contributed by atoms with Gasteiger partial charge in [0.15, 0.2) is 16.9 Å². The molecule has 0 amide bonds. The molecule has 2 aromatic carbocycles. The van der Waals surface area contributed by atoms with Crippen LogP contribution in [0.25, 0.3) is 11.2 Å². The van der Waals surface area contributed by atoms with E-state index in [0.717, 1.165) is 36.3 Å². The summed E-state index contributed by atoms with van der Waals surface area (Å²) in [6.45, 7) is -0.447. The van der Waals surface area contributed by atoms with Crippen molar-refractivity contribution in [3.63, 3.8) is 0 Å². The third-order valence-corrected chi connectivity index (χ3v) is 7.28. The number of benzene rings is 2. The van der Waals surface area contributed by atoms with Gasteiger partial charge in [0.05, 0.1) is 24.7 Å². The van der Waals surface area contributed by atoms with Crippen molar-refractivity contribution in [1.29, 1.82) is 5.26 Å². The van der Waals surface area contributed by atoms with Crippen LogP contribution in [0.5, 0.6) is 0 Å². The molecule has 1 saturated carbocycles. The summed E-state index contributed by atoms with van der Waals surface area (Å²) in [5.41, 5.74) is 6.33. The molecule has 200 valence electrons. The highest BCUT2D eigenvalue weighted by Crippen LogP contribution is 2.24. The molecule has 0 aliphatic heterocycles. The van der Waals surface area contributed by atoms with Gasteiger partial charge >= 0.3 is 5.69 Å². The molecule has 4 aromatic rings. The Morgan fingerprint density at radius 2 is 1.92 bits per heavy atom. The van der Waals surface area contributed by atoms with Crippen LogP contribution in [-0.4, -0.2) is 36.6 Å². The summed E-state index contributed by atoms with van der Waals surface area (Å²) in [5, 5.41) is 13.0. The van der Waals surface area contributed by atoms with Crippen molar-refractivity contribution in [2.24, 2.45) is 12.8 Å². The van der Waals surface area contributed by atoms with E-state index in [1.807, 2.05) is 0 Å². The van der Waals surface area contributed by atoms with Crippen LogP contribution in [-0.2, 0) is 20.1 Å². The highest BCUT2D eigenvalue weighted by atomic mass is 19.1. The molecule has 2 unspecified atom stereocenters. The Kier molecular flexibility index (Phi) is 7.13. The number of hydrogen-bond acceptors (Lipinski definition) is 7. The number of carbonyl (C=O) groups is 1. The Balaban J connectivity index is 1.67. The molecule has 0 saturated heterocycles. The fraction of sp³-hybridized carbons (Fsp3) is 0.321. The van der Waals surface area contributed by atoms with E-state index in [0.29, 0.717) is 17.1 Å². The maximum Gasteiger partial charge on any atom is 0.332 e. The lowest BCUT2D eigenvalue weighted by molar-refractivity contribution is 0.0968. The van der Waals surface area contributed by atoms with Crippen molar-refractivity contribution in [3.8, 4) is 6.07 Å². The smallest absolute Gasteiger partial charge is 0.332 e. The van der Waals surface area contributed by atoms with Crippen LogP contribution in [0.2, 0.25) is 0 Å². The van der Waals surface area contributed by atoms with Gasteiger partial charge in [0.1, 0.15) is 5.82 Å². The number of halogens is 1. The molecule has 2 aromatic heterocycles. The van der Waals surface area contributed by atoms with Crippen molar-refractivity contribution < 1.29 is 9.18 Å². The monoisotopic (exact) mass is 529 g/mol. The molecule has 0 radical (unpaired) electrons. The predicted octanol–water partition coefficient (Wildman–Crippen LogP) is 2.52. The molecule has 0 spiro atoms. The highest BCUT2D eigenvalue weighted by molar-refractivity contribution is 5.96. The summed E-state index contributed by atoms with van der Waals surface area (Å²) in [4.78, 5) is 44.6. The zero-order valence-corrected chi connectivity index (χ0v) is 21.4. The molecular formula is C28H28FN7O3. The molecule has 10 nitrogen and oxygen atoms in total. The van der Waals surface area contributed by atoms with Gasteiger partial charge < -0.3 is 11.1 Å². The molecule has 0 bridgehead atoms. The van der Waals surface area contributed by atoms with Gasteiger partial charge in [-0.1, -0.05) is 43.2 Å². The largest absolute Gasteiger partial charge is 0.351 e. The molecule has 39 heavy (non-hydrogen) atoms. The second-order valence-electron chi connectivity index (χ2n) is 9.83.